The molecule has 1 saturated heterocycles. The van der Waals surface area contributed by atoms with Gasteiger partial charge in [-0.2, -0.15) is 0 Å². The summed E-state index contributed by atoms with van der Waals surface area (Å²) >= 11 is 0. The molecule has 7 rings (SSSR count). The van der Waals surface area contributed by atoms with E-state index in [-0.39, 0.29) is 45.8 Å². The molecule has 3 saturated carbocycles. The summed E-state index contributed by atoms with van der Waals surface area (Å²) in [6.07, 6.45) is 5.21. The molecule has 10 heteroatoms. The van der Waals surface area contributed by atoms with Crippen LogP contribution in [0.15, 0.2) is 82.1 Å². The number of carbonyl (C=O) groups is 2. The number of aliphatic hydroxyl groups is 2. The van der Waals surface area contributed by atoms with Crippen LogP contribution in [0.25, 0.3) is 0 Å². The van der Waals surface area contributed by atoms with Gasteiger partial charge in [-0.1, -0.05) is 37.6 Å². The largest absolute Gasteiger partial charge is 0.393 e. The smallest absolute Gasteiger partial charge is 0.206 e. The van der Waals surface area contributed by atoms with Crippen molar-refractivity contribution in [1.29, 1.82) is 0 Å². The van der Waals surface area contributed by atoms with Crippen LogP contribution in [0.5, 0.6) is 0 Å². The summed E-state index contributed by atoms with van der Waals surface area (Å²) < 4.78 is 40.0. The molecule has 250 valence electrons. The van der Waals surface area contributed by atoms with E-state index in [1.807, 2.05) is 26.8 Å². The minimum absolute atomic E-state index is 0.0172. The summed E-state index contributed by atoms with van der Waals surface area (Å²) in [5.74, 6) is -0.584. The van der Waals surface area contributed by atoms with Crippen molar-refractivity contribution in [2.75, 3.05) is 11.9 Å². The Kier molecular flexibility index (Phi) is 7.72. The molecule has 0 aromatic heterocycles. The first kappa shape index (κ1) is 32.4. The highest BCUT2D eigenvalue weighted by Gasteiger charge is 2.75. The van der Waals surface area contributed by atoms with Crippen molar-refractivity contribution in [2.45, 2.75) is 93.3 Å². The Hall–Kier alpha value is -3.15. The van der Waals surface area contributed by atoms with Crippen LogP contribution in [-0.2, 0) is 28.9 Å². The molecule has 9 atom stereocenters. The van der Waals surface area contributed by atoms with Gasteiger partial charge in [0.15, 0.2) is 23.5 Å². The number of Topliss-reactive ketones (excluding diaryl/α,β-unsaturated/α-hetero) is 1. The third kappa shape index (κ3) is 4.74. The molecule has 4 fully saturated rings. The van der Waals surface area contributed by atoms with Crippen molar-refractivity contribution in [2.24, 2.45) is 28.6 Å². The average Bonchev–Trinajstić information content (AvgIpc) is 3.54. The normalized spacial score (nSPS) is 37.5. The van der Waals surface area contributed by atoms with Gasteiger partial charge in [0.2, 0.25) is 9.84 Å². The maximum atomic E-state index is 13.8. The molecule has 4 aliphatic carbocycles. The summed E-state index contributed by atoms with van der Waals surface area (Å²) in [5.41, 5.74) is -0.311. The second-order valence-electron chi connectivity index (χ2n) is 14.7. The predicted octanol–water partition coefficient (Wildman–Crippen LogP) is 4.94. The van der Waals surface area contributed by atoms with Crippen LogP contribution in [0.4, 0.5) is 5.69 Å². The molecule has 0 bridgehead atoms. The van der Waals surface area contributed by atoms with Crippen molar-refractivity contribution >= 4 is 27.1 Å². The van der Waals surface area contributed by atoms with Gasteiger partial charge < -0.3 is 25.0 Å². The molecule has 2 aromatic carbocycles. The molecule has 0 amide bonds. The number of fused-ring (bicyclic) bond motifs is 7. The van der Waals surface area contributed by atoms with Gasteiger partial charge in [0.25, 0.3) is 0 Å². The van der Waals surface area contributed by atoms with E-state index < -0.39 is 57.2 Å². The minimum Gasteiger partial charge on any atom is -0.393 e. The van der Waals surface area contributed by atoms with Crippen LogP contribution >= 0.6 is 0 Å². The van der Waals surface area contributed by atoms with E-state index in [1.54, 1.807) is 48.6 Å². The number of rotatable bonds is 7. The molecule has 1 heterocycles. The fourth-order valence-corrected chi connectivity index (χ4v) is 11.1. The number of benzene rings is 2. The van der Waals surface area contributed by atoms with Crippen LogP contribution in [0.1, 0.15) is 65.2 Å². The quantitative estimate of drug-likeness (QED) is 0.377. The number of carbonyl (C=O) groups excluding carboxylic acids is 2. The Morgan fingerprint density at radius 1 is 1.06 bits per heavy atom. The van der Waals surface area contributed by atoms with Crippen LogP contribution in [-0.4, -0.2) is 60.7 Å². The van der Waals surface area contributed by atoms with E-state index in [2.05, 4.69) is 12.2 Å². The Labute approximate surface area is 276 Å². The lowest BCUT2D eigenvalue weighted by molar-refractivity contribution is -0.201. The molecule has 2 aromatic rings. The van der Waals surface area contributed by atoms with Crippen molar-refractivity contribution in [1.82, 2.24) is 0 Å². The van der Waals surface area contributed by atoms with E-state index in [0.717, 1.165) is 24.1 Å². The van der Waals surface area contributed by atoms with Crippen molar-refractivity contribution in [3.8, 4) is 0 Å². The van der Waals surface area contributed by atoms with Gasteiger partial charge in [0.1, 0.15) is 6.61 Å². The second kappa shape index (κ2) is 11.2. The van der Waals surface area contributed by atoms with Gasteiger partial charge in [-0.05, 0) is 99.9 Å². The summed E-state index contributed by atoms with van der Waals surface area (Å²) in [4.78, 5) is 26.3. The first-order chi connectivity index (χ1) is 22.2. The van der Waals surface area contributed by atoms with Crippen molar-refractivity contribution < 1.29 is 37.7 Å². The van der Waals surface area contributed by atoms with Gasteiger partial charge in [-0.3, -0.25) is 9.59 Å². The summed E-state index contributed by atoms with van der Waals surface area (Å²) in [6.45, 7) is 7.38. The maximum Gasteiger partial charge on any atom is 0.206 e. The topological polar surface area (TPSA) is 139 Å². The second-order valence-corrected chi connectivity index (χ2v) is 16.7. The van der Waals surface area contributed by atoms with Gasteiger partial charge in [0.05, 0.1) is 22.0 Å². The lowest BCUT2D eigenvalue weighted by atomic mass is 9.46. The third-order valence-electron chi connectivity index (χ3n) is 11.9. The third-order valence-corrected chi connectivity index (χ3v) is 13.7. The number of ketones is 2. The van der Waals surface area contributed by atoms with Crippen LogP contribution in [0, 0.1) is 28.6 Å². The lowest BCUT2D eigenvalue weighted by Gasteiger charge is -2.59. The van der Waals surface area contributed by atoms with Crippen LogP contribution in [0.3, 0.4) is 0 Å². The molecular weight excluding hydrogens is 618 g/mol. The first-order valence-electron chi connectivity index (χ1n) is 16.6. The number of hydrogen-bond donors (Lipinski definition) is 3. The zero-order valence-corrected chi connectivity index (χ0v) is 28.0. The van der Waals surface area contributed by atoms with E-state index in [0.29, 0.717) is 12.0 Å². The summed E-state index contributed by atoms with van der Waals surface area (Å²) in [7, 11) is -3.78. The van der Waals surface area contributed by atoms with Gasteiger partial charge >= 0.3 is 0 Å². The standard InChI is InChI=1S/C37H43NO8S/c1-21(2)38-24-8-12-27(13-9-24)47(43,44)26-10-5-22(6-11-26)34-45-32-18-29-28-14-7-23-17-25(40)15-16-35(23,3)33(28)30(41)19-36(29,4)37(32,46-34)31(42)20-39/h5-6,8-13,15-17,21,28-30,32-34,38-39,41H,7,14,18-20H2,1-4H3/t28-,29-,30-,32+,33+,34+,35-,36-,37+/m0/s1. The Morgan fingerprint density at radius 2 is 1.72 bits per heavy atom. The van der Waals surface area contributed by atoms with Gasteiger partial charge in [-0.15, -0.1) is 0 Å². The SMILES string of the molecule is CC(C)Nc1ccc(S(=O)(=O)c2ccc([C@@H]3O[C@@H]4C[C@H]5[C@@H]6CCC7=CC(=O)C=C[C@]7(C)[C@H]6[C@@H](O)C[C@]5(C)[C@]4(C(=O)CO)O3)cc2)cc1. The number of anilines is 1. The fourth-order valence-electron chi connectivity index (χ4n) is 9.84. The van der Waals surface area contributed by atoms with Crippen molar-refractivity contribution in [3.05, 3.63) is 77.9 Å². The molecular formula is C37H43NO8S. The zero-order valence-electron chi connectivity index (χ0n) is 27.2. The molecule has 0 unspecified atom stereocenters. The summed E-state index contributed by atoms with van der Waals surface area (Å²) in [5, 5.41) is 25.3. The molecule has 1 aliphatic heterocycles. The van der Waals surface area contributed by atoms with Crippen molar-refractivity contribution in [3.63, 3.8) is 0 Å². The molecule has 47 heavy (non-hydrogen) atoms. The highest BCUT2D eigenvalue weighted by molar-refractivity contribution is 7.91. The zero-order chi connectivity index (χ0) is 33.5. The maximum absolute atomic E-state index is 13.8. The molecule has 0 spiro atoms. The Morgan fingerprint density at radius 3 is 2.36 bits per heavy atom. The number of nitrogens with one attached hydrogen (secondary N) is 1. The van der Waals surface area contributed by atoms with E-state index >= 15 is 0 Å². The molecule has 5 aliphatic rings. The summed E-state index contributed by atoms with van der Waals surface area (Å²) in [6, 6.07) is 13.2. The van der Waals surface area contributed by atoms with Crippen LogP contribution < -0.4 is 5.32 Å². The van der Waals surface area contributed by atoms with Gasteiger partial charge in [0, 0.05) is 34.0 Å². The minimum atomic E-state index is -3.78. The lowest BCUT2D eigenvalue weighted by Crippen LogP contribution is -2.63. The Balaban J connectivity index is 1.16. The number of ether oxygens (including phenoxy) is 2. The highest BCUT2D eigenvalue weighted by atomic mass is 32.2. The van der Waals surface area contributed by atoms with E-state index in [4.69, 9.17) is 9.47 Å². The molecule has 0 radical (unpaired) electrons. The first-order valence-corrected chi connectivity index (χ1v) is 18.0. The van der Waals surface area contributed by atoms with E-state index in [9.17, 15) is 28.2 Å². The number of allylic oxidation sites excluding steroid dienone is 4. The van der Waals surface area contributed by atoms with Gasteiger partial charge in [-0.25, -0.2) is 8.42 Å². The van der Waals surface area contributed by atoms with Crippen LogP contribution in [0.2, 0.25) is 0 Å². The highest BCUT2D eigenvalue weighted by Crippen LogP contribution is 2.70. The average molecular weight is 662 g/mol. The molecule has 9 nitrogen and oxygen atoms in total. The Bertz CT molecular complexity index is 1770. The number of hydrogen-bond acceptors (Lipinski definition) is 9. The number of sulfone groups is 1. The fraction of sp³-hybridized carbons (Fsp3) is 0.514. The molecule has 3 N–H and O–H groups in total. The van der Waals surface area contributed by atoms with E-state index in [1.165, 1.54) is 12.1 Å². The monoisotopic (exact) mass is 661 g/mol. The number of aliphatic hydroxyl groups excluding tert-OH is 2. The predicted molar refractivity (Wildman–Crippen MR) is 174 cm³/mol.